The number of piperidine rings is 1. The number of allylic oxidation sites excluding steroid dienone is 1. The molecule has 0 saturated carbocycles. The van der Waals surface area contributed by atoms with Gasteiger partial charge in [0.05, 0.1) is 5.56 Å². The van der Waals surface area contributed by atoms with Gasteiger partial charge < -0.3 is 10.2 Å². The Morgan fingerprint density at radius 3 is 2.57 bits per heavy atom. The van der Waals surface area contributed by atoms with Crippen LogP contribution in [0.25, 0.3) is 0 Å². The molecule has 1 aromatic heterocycles. The van der Waals surface area contributed by atoms with E-state index in [4.69, 9.17) is 0 Å². The molecule has 0 aliphatic carbocycles. The minimum Gasteiger partial charge on any atom is -0.350 e. The van der Waals surface area contributed by atoms with E-state index in [-0.39, 0.29) is 23.3 Å². The molecule has 0 bridgehead atoms. The first kappa shape index (κ1) is 17.2. The summed E-state index contributed by atoms with van der Waals surface area (Å²) in [7, 11) is 0. The van der Waals surface area contributed by atoms with Crippen LogP contribution in [0.4, 0.5) is 0 Å². The second kappa shape index (κ2) is 7.40. The third-order valence-corrected chi connectivity index (χ3v) is 3.77. The molecule has 5 nitrogen and oxygen atoms in total. The molecule has 1 saturated heterocycles. The van der Waals surface area contributed by atoms with Crippen molar-refractivity contribution in [1.29, 1.82) is 0 Å². The van der Waals surface area contributed by atoms with Gasteiger partial charge in [0, 0.05) is 31.5 Å². The Balaban J connectivity index is 1.81. The zero-order valence-corrected chi connectivity index (χ0v) is 14.1. The number of hydrogen-bond donors (Lipinski definition) is 1. The summed E-state index contributed by atoms with van der Waals surface area (Å²) in [4.78, 5) is 30.0. The molecule has 124 valence electrons. The van der Waals surface area contributed by atoms with E-state index in [0.717, 1.165) is 12.8 Å². The maximum absolute atomic E-state index is 12.3. The monoisotopic (exact) mass is 315 g/mol. The summed E-state index contributed by atoms with van der Waals surface area (Å²) in [6.07, 6.45) is 8.32. The van der Waals surface area contributed by atoms with Crippen LogP contribution >= 0.6 is 0 Å². The van der Waals surface area contributed by atoms with Crippen LogP contribution < -0.4 is 5.32 Å². The fourth-order valence-electron chi connectivity index (χ4n) is 2.47. The Morgan fingerprint density at radius 1 is 1.30 bits per heavy atom. The second-order valence-corrected chi connectivity index (χ2v) is 7.02. The van der Waals surface area contributed by atoms with Gasteiger partial charge >= 0.3 is 0 Å². The standard InChI is InChI=1S/C18H25N3O2/c1-18(2,3)9-6-16(22)20-15-7-11-21(12-8-15)17(23)14-5-4-10-19-13-14/h4-6,9-10,13,15H,7-8,11-12H2,1-3H3,(H,20,22)/b9-6+. The van der Waals surface area contributed by atoms with Crippen LogP contribution in [0, 0.1) is 5.41 Å². The molecule has 0 aromatic carbocycles. The first-order chi connectivity index (χ1) is 10.8. The molecule has 5 heteroatoms. The van der Waals surface area contributed by atoms with Gasteiger partial charge in [0.25, 0.3) is 5.91 Å². The number of likely N-dealkylation sites (tertiary alicyclic amines) is 1. The topological polar surface area (TPSA) is 62.3 Å². The normalized spacial score (nSPS) is 16.6. The second-order valence-electron chi connectivity index (χ2n) is 7.02. The van der Waals surface area contributed by atoms with Crippen molar-refractivity contribution in [2.75, 3.05) is 13.1 Å². The molecule has 23 heavy (non-hydrogen) atoms. The SMILES string of the molecule is CC(C)(C)/C=C/C(=O)NC1CCN(C(=O)c2cccnc2)CC1. The Hall–Kier alpha value is -2.17. The van der Waals surface area contributed by atoms with Gasteiger partial charge in [-0.1, -0.05) is 26.8 Å². The van der Waals surface area contributed by atoms with Crippen molar-refractivity contribution < 1.29 is 9.59 Å². The number of pyridine rings is 1. The molecule has 0 radical (unpaired) electrons. The average molecular weight is 315 g/mol. The van der Waals surface area contributed by atoms with E-state index < -0.39 is 0 Å². The molecule has 1 fully saturated rings. The number of carbonyl (C=O) groups excluding carboxylic acids is 2. The molecule has 2 heterocycles. The van der Waals surface area contributed by atoms with Gasteiger partial charge in [0.2, 0.25) is 5.91 Å². The predicted octanol–water partition coefficient (Wildman–Crippen LogP) is 2.40. The van der Waals surface area contributed by atoms with Crippen LogP contribution in [0.15, 0.2) is 36.7 Å². The van der Waals surface area contributed by atoms with Gasteiger partial charge in [-0.15, -0.1) is 0 Å². The lowest BCUT2D eigenvalue weighted by atomic mass is 9.96. The summed E-state index contributed by atoms with van der Waals surface area (Å²) >= 11 is 0. The van der Waals surface area contributed by atoms with Crippen LogP contribution in [0.5, 0.6) is 0 Å². The number of nitrogens with zero attached hydrogens (tertiary/aromatic N) is 2. The maximum atomic E-state index is 12.3. The number of aromatic nitrogens is 1. The predicted molar refractivity (Wildman–Crippen MR) is 89.9 cm³/mol. The van der Waals surface area contributed by atoms with E-state index >= 15 is 0 Å². The lowest BCUT2D eigenvalue weighted by Crippen LogP contribution is -2.46. The smallest absolute Gasteiger partial charge is 0.255 e. The summed E-state index contributed by atoms with van der Waals surface area (Å²) in [5.74, 6) is -0.0486. The molecule has 1 aliphatic heterocycles. The van der Waals surface area contributed by atoms with Gasteiger partial charge in [-0.25, -0.2) is 0 Å². The van der Waals surface area contributed by atoms with Crippen LogP contribution in [0.1, 0.15) is 44.0 Å². The third kappa shape index (κ3) is 5.51. The van der Waals surface area contributed by atoms with Crippen molar-refractivity contribution in [3.05, 3.63) is 42.2 Å². The highest BCUT2D eigenvalue weighted by molar-refractivity contribution is 5.94. The fraction of sp³-hybridized carbons (Fsp3) is 0.500. The Morgan fingerprint density at radius 2 is 2.00 bits per heavy atom. The Bertz CT molecular complexity index is 568. The van der Waals surface area contributed by atoms with Gasteiger partial charge in [0.1, 0.15) is 0 Å². The van der Waals surface area contributed by atoms with E-state index in [1.165, 1.54) is 0 Å². The maximum Gasteiger partial charge on any atom is 0.255 e. The quantitative estimate of drug-likeness (QED) is 0.871. The van der Waals surface area contributed by atoms with Crippen molar-refractivity contribution in [3.8, 4) is 0 Å². The molecule has 0 spiro atoms. The Kier molecular flexibility index (Phi) is 5.53. The number of carbonyl (C=O) groups is 2. The van der Waals surface area contributed by atoms with Crippen molar-refractivity contribution in [2.24, 2.45) is 5.41 Å². The zero-order valence-electron chi connectivity index (χ0n) is 14.1. The average Bonchev–Trinajstić information content (AvgIpc) is 2.53. The summed E-state index contributed by atoms with van der Waals surface area (Å²) in [6, 6.07) is 3.67. The van der Waals surface area contributed by atoms with E-state index in [2.05, 4.69) is 31.1 Å². The summed E-state index contributed by atoms with van der Waals surface area (Å²) in [5.41, 5.74) is 0.611. The van der Waals surface area contributed by atoms with E-state index in [0.29, 0.717) is 18.7 Å². The molecule has 2 rings (SSSR count). The number of nitrogens with one attached hydrogen (secondary N) is 1. The van der Waals surface area contributed by atoms with Crippen LogP contribution in [-0.4, -0.2) is 40.8 Å². The van der Waals surface area contributed by atoms with Gasteiger partial charge in [-0.3, -0.25) is 14.6 Å². The van der Waals surface area contributed by atoms with Crippen LogP contribution in [0.2, 0.25) is 0 Å². The van der Waals surface area contributed by atoms with Crippen molar-refractivity contribution in [1.82, 2.24) is 15.2 Å². The Labute approximate surface area is 137 Å². The van der Waals surface area contributed by atoms with Crippen LogP contribution in [-0.2, 0) is 4.79 Å². The molecule has 0 atom stereocenters. The first-order valence-electron chi connectivity index (χ1n) is 8.04. The van der Waals surface area contributed by atoms with Crippen molar-refractivity contribution in [2.45, 2.75) is 39.7 Å². The summed E-state index contributed by atoms with van der Waals surface area (Å²) in [6.45, 7) is 7.47. The number of hydrogen-bond acceptors (Lipinski definition) is 3. The minimum atomic E-state index is -0.0584. The van der Waals surface area contributed by atoms with E-state index in [1.807, 2.05) is 11.0 Å². The third-order valence-electron chi connectivity index (χ3n) is 3.77. The highest BCUT2D eigenvalue weighted by Gasteiger charge is 2.24. The highest BCUT2D eigenvalue weighted by Crippen LogP contribution is 2.15. The highest BCUT2D eigenvalue weighted by atomic mass is 16.2. The van der Waals surface area contributed by atoms with Gasteiger partial charge in [0.15, 0.2) is 0 Å². The zero-order chi connectivity index (χ0) is 16.9. The molecule has 0 unspecified atom stereocenters. The van der Waals surface area contributed by atoms with E-state index in [1.54, 1.807) is 30.6 Å². The van der Waals surface area contributed by atoms with Gasteiger partial charge in [-0.05, 0) is 36.5 Å². The lowest BCUT2D eigenvalue weighted by molar-refractivity contribution is -0.117. The first-order valence-corrected chi connectivity index (χ1v) is 8.04. The van der Waals surface area contributed by atoms with Crippen LogP contribution in [0.3, 0.4) is 0 Å². The summed E-state index contributed by atoms with van der Waals surface area (Å²) < 4.78 is 0. The molecule has 1 aliphatic rings. The fourth-order valence-corrected chi connectivity index (χ4v) is 2.47. The molecule has 1 N–H and O–H groups in total. The minimum absolute atomic E-state index is 0.00313. The number of rotatable bonds is 3. The molecule has 1 aromatic rings. The molecular weight excluding hydrogens is 290 g/mol. The molecule has 2 amide bonds. The van der Waals surface area contributed by atoms with Crippen molar-refractivity contribution >= 4 is 11.8 Å². The lowest BCUT2D eigenvalue weighted by Gasteiger charge is -2.32. The van der Waals surface area contributed by atoms with Gasteiger partial charge in [-0.2, -0.15) is 0 Å². The van der Waals surface area contributed by atoms with Crippen molar-refractivity contribution in [3.63, 3.8) is 0 Å². The molecular formula is C18H25N3O2. The summed E-state index contributed by atoms with van der Waals surface area (Å²) in [5, 5.41) is 3.01. The number of amides is 2. The largest absolute Gasteiger partial charge is 0.350 e. The van der Waals surface area contributed by atoms with E-state index in [9.17, 15) is 9.59 Å².